The van der Waals surface area contributed by atoms with Crippen LogP contribution < -0.4 is 0 Å². The summed E-state index contributed by atoms with van der Waals surface area (Å²) in [6.45, 7) is -2.36. The van der Waals surface area contributed by atoms with E-state index in [0.717, 1.165) is 4.74 Å². The third-order valence-corrected chi connectivity index (χ3v) is 4.22. The van der Waals surface area contributed by atoms with Gasteiger partial charge < -0.3 is 5.11 Å². The predicted molar refractivity (Wildman–Crippen MR) is 68.3 cm³/mol. The summed E-state index contributed by atoms with van der Waals surface area (Å²) in [5.74, 6) is -68.3. The average Bonchev–Trinajstić information content (AvgIpc) is 2.64. The topological polar surface area (TPSA) is 29.5 Å². The van der Waals surface area contributed by atoms with Crippen LogP contribution in [0.3, 0.4) is 0 Å². The first-order valence-corrected chi connectivity index (χ1v) is 8.17. The molecule has 0 aromatic rings. The van der Waals surface area contributed by atoms with Crippen molar-refractivity contribution < 1.29 is 111 Å². The molecule has 0 fully saturated rings. The van der Waals surface area contributed by atoms with Crippen LogP contribution in [0.2, 0.25) is 0 Å². The molecule has 0 saturated heterocycles. The summed E-state index contributed by atoms with van der Waals surface area (Å²) in [7, 11) is 0. The smallest absolute Gasteiger partial charge is 0.396 e. The molecule has 0 spiro atoms. The van der Waals surface area contributed by atoms with Gasteiger partial charge in [-0.15, -0.1) is 0 Å². The Morgan fingerprint density at radius 1 is 0.395 bits per heavy atom. The summed E-state index contributed by atoms with van der Waals surface area (Å²) < 4.78 is 301. The fourth-order valence-corrected chi connectivity index (χ4v) is 2.02. The van der Waals surface area contributed by atoms with Gasteiger partial charge in [0.2, 0.25) is 0 Å². The molecule has 0 radical (unpaired) electrons. The molecule has 0 aliphatic carbocycles. The zero-order valence-electron chi connectivity index (χ0n) is 16.5. The van der Waals surface area contributed by atoms with Gasteiger partial charge in [-0.1, -0.05) is 0 Å². The predicted octanol–water partition coefficient (Wildman–Crippen LogP) is 7.22. The van der Waals surface area contributed by atoms with E-state index in [1.807, 2.05) is 0 Å². The summed E-state index contributed by atoms with van der Waals surface area (Å²) in [5.41, 5.74) is 0. The van der Waals surface area contributed by atoms with Crippen LogP contribution in [0, 0.1) is 0 Å². The van der Waals surface area contributed by atoms with E-state index in [-0.39, 0.29) is 0 Å². The number of rotatable bonds is 11. The fourth-order valence-electron chi connectivity index (χ4n) is 2.02. The number of aliphatic hydroxyl groups is 1. The zero-order valence-corrected chi connectivity index (χ0v) is 16.5. The molecule has 1 N–H and O–H groups in total. The lowest BCUT2D eigenvalue weighted by molar-refractivity contribution is -0.528. The van der Waals surface area contributed by atoms with E-state index < -0.39 is 78.8 Å². The van der Waals surface area contributed by atoms with Gasteiger partial charge in [-0.3, -0.25) is 4.74 Å². The number of alkyl halides is 23. The second kappa shape index (κ2) is 9.17. The van der Waals surface area contributed by atoms with Crippen LogP contribution in [0.4, 0.5) is 101 Å². The summed E-state index contributed by atoms with van der Waals surface area (Å²) in [4.78, 5) is 0. The Labute approximate surface area is 191 Å². The Bertz CT molecular complexity index is 821. The minimum Gasteiger partial charge on any atom is -0.396 e. The first kappa shape index (κ1) is 36.3. The SMILES string of the molecule is OCCC(F)(F)C(F)(F)C(F)(F)C(F)(F)C(F)(F)C(F)(F)C(F)(F)C(F)(F)OC(F)(C(F)(F)F)C(F)(F)F. The lowest BCUT2D eigenvalue weighted by Gasteiger charge is -2.44. The highest BCUT2D eigenvalue weighted by Gasteiger charge is 2.96. The highest BCUT2D eigenvalue weighted by Crippen LogP contribution is 2.65. The molecule has 0 aromatic heterocycles. The minimum absolute atomic E-state index is 0.911. The highest BCUT2D eigenvalue weighted by atomic mass is 19.4. The minimum atomic E-state index is -9.23. The first-order chi connectivity index (χ1) is 16.0. The third-order valence-electron chi connectivity index (χ3n) is 4.22. The number of ether oxygens (including phenoxy) is 1. The number of aliphatic hydroxyl groups excluding tert-OH is 1. The van der Waals surface area contributed by atoms with Crippen LogP contribution in [0.1, 0.15) is 6.42 Å². The maximum Gasteiger partial charge on any atom is 0.458 e. The van der Waals surface area contributed by atoms with Crippen LogP contribution in [-0.4, -0.2) is 77.5 Å². The molecule has 0 aliphatic rings. The number of hydrogen-bond donors (Lipinski definition) is 1. The van der Waals surface area contributed by atoms with Crippen molar-refractivity contribution in [2.24, 2.45) is 0 Å². The molecule has 2 nitrogen and oxygen atoms in total. The van der Waals surface area contributed by atoms with Crippen molar-refractivity contribution in [2.45, 2.75) is 72.2 Å². The van der Waals surface area contributed by atoms with Crippen LogP contribution in [0.25, 0.3) is 0 Å². The quantitative estimate of drug-likeness (QED) is 0.245. The molecule has 0 aromatic carbocycles. The third kappa shape index (κ3) is 4.77. The van der Waals surface area contributed by atoms with Crippen molar-refractivity contribution in [1.82, 2.24) is 0 Å². The van der Waals surface area contributed by atoms with E-state index >= 15 is 0 Å². The van der Waals surface area contributed by atoms with Gasteiger partial charge in [0.05, 0.1) is 0 Å². The van der Waals surface area contributed by atoms with Gasteiger partial charge in [0.15, 0.2) is 0 Å². The molecular formula is C13H5F23O2. The molecule has 0 bridgehead atoms. The molecule has 0 amide bonds. The highest BCUT2D eigenvalue weighted by molar-refractivity contribution is 5.15. The summed E-state index contributed by atoms with van der Waals surface area (Å²) in [5, 5.41) is 8.03. The molecule has 0 saturated carbocycles. The van der Waals surface area contributed by atoms with Gasteiger partial charge in [-0.25, -0.2) is 0 Å². The molecule has 0 aliphatic heterocycles. The maximum absolute atomic E-state index is 13.5. The number of hydrogen-bond acceptors (Lipinski definition) is 2. The van der Waals surface area contributed by atoms with E-state index in [2.05, 4.69) is 0 Å². The zero-order chi connectivity index (χ0) is 31.6. The van der Waals surface area contributed by atoms with Gasteiger partial charge in [0.1, 0.15) is 0 Å². The van der Waals surface area contributed by atoms with Crippen molar-refractivity contribution in [3.8, 4) is 0 Å². The molecule has 0 unspecified atom stereocenters. The monoisotopic (exact) mass is 630 g/mol. The summed E-state index contributed by atoms with van der Waals surface area (Å²) in [6.07, 6.45) is -27.8. The Morgan fingerprint density at radius 2 is 0.658 bits per heavy atom. The van der Waals surface area contributed by atoms with Crippen LogP contribution >= 0.6 is 0 Å². The van der Waals surface area contributed by atoms with Gasteiger partial charge in [0, 0.05) is 13.0 Å². The van der Waals surface area contributed by atoms with Crippen molar-refractivity contribution >= 4 is 0 Å². The lowest BCUT2D eigenvalue weighted by atomic mass is 9.88. The van der Waals surface area contributed by atoms with E-state index in [1.54, 1.807) is 0 Å². The fraction of sp³-hybridized carbons (Fsp3) is 1.00. The lowest BCUT2D eigenvalue weighted by Crippen LogP contribution is -2.75. The van der Waals surface area contributed by atoms with E-state index in [9.17, 15) is 101 Å². The van der Waals surface area contributed by atoms with Crippen molar-refractivity contribution in [3.05, 3.63) is 0 Å². The summed E-state index contributed by atoms with van der Waals surface area (Å²) >= 11 is 0. The normalized spacial score (nSPS) is 16.7. The van der Waals surface area contributed by atoms with Crippen molar-refractivity contribution in [1.29, 1.82) is 0 Å². The van der Waals surface area contributed by atoms with Gasteiger partial charge in [-0.05, 0) is 0 Å². The molecule has 38 heavy (non-hydrogen) atoms. The number of halogens is 23. The van der Waals surface area contributed by atoms with Crippen molar-refractivity contribution in [3.63, 3.8) is 0 Å². The van der Waals surface area contributed by atoms with E-state index in [4.69, 9.17) is 5.11 Å². The average molecular weight is 630 g/mol. The maximum atomic E-state index is 13.5. The Hall–Kier alpha value is -1.69. The molecule has 0 heterocycles. The van der Waals surface area contributed by atoms with Crippen molar-refractivity contribution in [2.75, 3.05) is 6.61 Å². The molecule has 230 valence electrons. The second-order valence-electron chi connectivity index (χ2n) is 6.83. The van der Waals surface area contributed by atoms with Gasteiger partial charge >= 0.3 is 65.8 Å². The van der Waals surface area contributed by atoms with Crippen LogP contribution in [0.5, 0.6) is 0 Å². The molecule has 0 atom stereocenters. The van der Waals surface area contributed by atoms with Crippen LogP contribution in [-0.2, 0) is 4.74 Å². The molecular weight excluding hydrogens is 625 g/mol. The first-order valence-electron chi connectivity index (χ1n) is 8.17. The summed E-state index contributed by atoms with van der Waals surface area (Å²) in [6, 6.07) is 0. The molecule has 25 heteroatoms. The Kier molecular flexibility index (Phi) is 8.77. The van der Waals surface area contributed by atoms with Crippen LogP contribution in [0.15, 0.2) is 0 Å². The largest absolute Gasteiger partial charge is 0.458 e. The molecule has 0 rings (SSSR count). The van der Waals surface area contributed by atoms with Gasteiger partial charge in [-0.2, -0.15) is 101 Å². The van der Waals surface area contributed by atoms with E-state index in [0.29, 0.717) is 0 Å². The Morgan fingerprint density at radius 3 is 0.921 bits per heavy atom. The van der Waals surface area contributed by atoms with Gasteiger partial charge in [0.25, 0.3) is 0 Å². The Balaban J connectivity index is 7.04. The second-order valence-corrected chi connectivity index (χ2v) is 6.83. The standard InChI is InChI=1S/C13H5F23O2/c14-3(15,1-2-37)4(16,17)5(18,19)6(20,21)7(22,23)8(24,25)9(26,27)13(35,36)38-10(28,11(29,30)31)12(32,33)34/h37H,1-2H2. The van der Waals surface area contributed by atoms with E-state index in [1.165, 1.54) is 0 Å².